The zero-order chi connectivity index (χ0) is 25.1. The summed E-state index contributed by atoms with van der Waals surface area (Å²) in [5.74, 6) is 1.35. The number of hydrogen-bond acceptors (Lipinski definition) is 4. The molecule has 0 N–H and O–H groups in total. The first-order valence-electron chi connectivity index (χ1n) is 10.9. The summed E-state index contributed by atoms with van der Waals surface area (Å²) in [6, 6.07) is 16.4. The van der Waals surface area contributed by atoms with Crippen LogP contribution in [0, 0.1) is 0 Å². The second kappa shape index (κ2) is 11.2. The zero-order valence-corrected chi connectivity index (χ0v) is 23.6. The molecule has 9 heteroatoms. The number of halogens is 4. The van der Waals surface area contributed by atoms with Crippen molar-refractivity contribution in [2.45, 2.75) is 32.8 Å². The number of nitrogens with zero attached hydrogens (tertiary/aromatic N) is 3. The Morgan fingerprint density at radius 1 is 1.11 bits per heavy atom. The Kier molecular flexibility index (Phi) is 8.32. The van der Waals surface area contributed by atoms with Crippen LogP contribution in [-0.2, 0) is 6.61 Å². The van der Waals surface area contributed by atoms with Gasteiger partial charge in [0.05, 0.1) is 21.6 Å². The highest BCUT2D eigenvalue weighted by molar-refractivity contribution is 9.10. The predicted molar refractivity (Wildman–Crippen MR) is 150 cm³/mol. The minimum Gasteiger partial charge on any atom is -0.488 e. The highest BCUT2D eigenvalue weighted by Crippen LogP contribution is 2.28. The molecular formula is C26H21Br2Cl2N3O2. The molecular weight excluding hydrogens is 617 g/mol. The van der Waals surface area contributed by atoms with Gasteiger partial charge in [-0.15, -0.1) is 0 Å². The highest BCUT2D eigenvalue weighted by atomic mass is 79.9. The van der Waals surface area contributed by atoms with Crippen LogP contribution in [0.25, 0.3) is 10.9 Å². The lowest BCUT2D eigenvalue weighted by molar-refractivity contribution is 0.304. The van der Waals surface area contributed by atoms with Crippen LogP contribution in [0.1, 0.15) is 43.1 Å². The Hall–Kier alpha value is -2.19. The maximum atomic E-state index is 13.3. The van der Waals surface area contributed by atoms with E-state index in [1.165, 1.54) is 4.68 Å². The minimum atomic E-state index is -0.207. The molecule has 1 heterocycles. The van der Waals surface area contributed by atoms with E-state index >= 15 is 0 Å². The van der Waals surface area contributed by atoms with E-state index in [0.29, 0.717) is 39.1 Å². The van der Waals surface area contributed by atoms with Crippen LogP contribution in [0.5, 0.6) is 5.75 Å². The topological polar surface area (TPSA) is 56.5 Å². The molecule has 0 bridgehead atoms. The smallest absolute Gasteiger partial charge is 0.282 e. The standard InChI is InChI=1S/C26H21Br2Cl2N3O2/c1-3-15(2)25-32-23-8-6-18(27)11-20(23)26(34)33(25)31-13-16-4-9-24(21(28)10-16)35-14-17-5-7-19(29)12-22(17)30/h4-13,15H,3,14H2,1-2H3/t15-/m1/s1. The van der Waals surface area contributed by atoms with Crippen molar-refractivity contribution in [3.8, 4) is 5.75 Å². The quantitative estimate of drug-likeness (QED) is 0.192. The molecule has 0 saturated heterocycles. The highest BCUT2D eigenvalue weighted by Gasteiger charge is 2.15. The molecule has 180 valence electrons. The van der Waals surface area contributed by atoms with Gasteiger partial charge in [-0.2, -0.15) is 9.78 Å². The van der Waals surface area contributed by atoms with Crippen molar-refractivity contribution in [3.05, 3.63) is 101 Å². The summed E-state index contributed by atoms with van der Waals surface area (Å²) in [4.78, 5) is 18.0. The van der Waals surface area contributed by atoms with Gasteiger partial charge in [0.2, 0.25) is 0 Å². The van der Waals surface area contributed by atoms with Gasteiger partial charge in [0.25, 0.3) is 5.56 Å². The van der Waals surface area contributed by atoms with Crippen LogP contribution in [0.4, 0.5) is 0 Å². The second-order valence-electron chi connectivity index (χ2n) is 8.02. The lowest BCUT2D eigenvalue weighted by atomic mass is 10.1. The number of benzene rings is 3. The summed E-state index contributed by atoms with van der Waals surface area (Å²) >= 11 is 19.2. The van der Waals surface area contributed by atoms with E-state index in [2.05, 4.69) is 43.9 Å². The lowest BCUT2D eigenvalue weighted by Crippen LogP contribution is -2.23. The lowest BCUT2D eigenvalue weighted by Gasteiger charge is -2.14. The summed E-state index contributed by atoms with van der Waals surface area (Å²) in [6.07, 6.45) is 2.47. The van der Waals surface area contributed by atoms with Gasteiger partial charge < -0.3 is 4.74 Å². The molecule has 5 nitrogen and oxygen atoms in total. The molecule has 0 amide bonds. The van der Waals surface area contributed by atoms with Gasteiger partial charge in [0, 0.05) is 26.0 Å². The maximum absolute atomic E-state index is 13.3. The van der Waals surface area contributed by atoms with Crippen molar-refractivity contribution in [1.82, 2.24) is 9.66 Å². The van der Waals surface area contributed by atoms with E-state index < -0.39 is 0 Å². The van der Waals surface area contributed by atoms with Gasteiger partial charge >= 0.3 is 0 Å². The zero-order valence-electron chi connectivity index (χ0n) is 18.9. The van der Waals surface area contributed by atoms with Crippen molar-refractivity contribution in [3.63, 3.8) is 0 Å². The van der Waals surface area contributed by atoms with Crippen LogP contribution in [0.2, 0.25) is 10.0 Å². The summed E-state index contributed by atoms with van der Waals surface area (Å²) in [5, 5.41) is 6.16. The third kappa shape index (κ3) is 5.97. The van der Waals surface area contributed by atoms with E-state index in [9.17, 15) is 4.79 Å². The second-order valence-corrected chi connectivity index (χ2v) is 10.6. The molecule has 0 aliphatic heterocycles. The van der Waals surface area contributed by atoms with Crippen LogP contribution >= 0.6 is 55.1 Å². The van der Waals surface area contributed by atoms with Crippen LogP contribution in [0.3, 0.4) is 0 Å². The van der Waals surface area contributed by atoms with Gasteiger partial charge in [-0.1, -0.05) is 59.0 Å². The summed E-state index contributed by atoms with van der Waals surface area (Å²) in [5.41, 5.74) is 2.08. The van der Waals surface area contributed by atoms with Gasteiger partial charge in [0.1, 0.15) is 18.2 Å². The molecule has 0 unspecified atom stereocenters. The van der Waals surface area contributed by atoms with Crippen LogP contribution < -0.4 is 10.3 Å². The molecule has 0 radical (unpaired) electrons. The van der Waals surface area contributed by atoms with Crippen molar-refractivity contribution in [2.75, 3.05) is 0 Å². The van der Waals surface area contributed by atoms with Crippen molar-refractivity contribution in [1.29, 1.82) is 0 Å². The number of ether oxygens (including phenoxy) is 1. The Morgan fingerprint density at radius 3 is 2.63 bits per heavy atom. The van der Waals surface area contributed by atoms with E-state index in [0.717, 1.165) is 26.5 Å². The fourth-order valence-corrected chi connectivity index (χ4v) is 4.75. The molecule has 4 rings (SSSR count). The average molecular weight is 638 g/mol. The molecule has 0 aliphatic rings. The SMILES string of the molecule is CC[C@@H](C)c1nc2ccc(Br)cc2c(=O)n1N=Cc1ccc(OCc2ccc(Cl)cc2Cl)c(Br)c1. The van der Waals surface area contributed by atoms with E-state index in [-0.39, 0.29) is 11.5 Å². The van der Waals surface area contributed by atoms with E-state index in [1.807, 2.05) is 43.3 Å². The molecule has 35 heavy (non-hydrogen) atoms. The first-order chi connectivity index (χ1) is 16.8. The predicted octanol–water partition coefficient (Wildman–Crippen LogP) is 8.20. The molecule has 0 fully saturated rings. The third-order valence-electron chi connectivity index (χ3n) is 5.56. The molecule has 1 aromatic heterocycles. The Balaban J connectivity index is 1.62. The number of rotatable bonds is 7. The first kappa shape index (κ1) is 25.9. The summed E-state index contributed by atoms with van der Waals surface area (Å²) in [7, 11) is 0. The molecule has 4 aromatic rings. The number of aromatic nitrogens is 2. The fourth-order valence-electron chi connectivity index (χ4n) is 3.41. The molecule has 3 aromatic carbocycles. The molecule has 1 atom stereocenters. The maximum Gasteiger partial charge on any atom is 0.282 e. The average Bonchev–Trinajstić information content (AvgIpc) is 2.83. The summed E-state index contributed by atoms with van der Waals surface area (Å²) < 4.78 is 8.88. The normalized spacial score (nSPS) is 12.4. The Bertz CT molecular complexity index is 1490. The van der Waals surface area contributed by atoms with Gasteiger partial charge in [-0.25, -0.2) is 4.98 Å². The monoisotopic (exact) mass is 635 g/mol. The van der Waals surface area contributed by atoms with Crippen LogP contribution in [0.15, 0.2) is 73.4 Å². The minimum absolute atomic E-state index is 0.0649. The van der Waals surface area contributed by atoms with Gasteiger partial charge in [0.15, 0.2) is 0 Å². The first-order valence-corrected chi connectivity index (χ1v) is 13.2. The molecule has 0 aliphatic carbocycles. The molecule has 0 saturated carbocycles. The Labute approximate surface area is 230 Å². The van der Waals surface area contributed by atoms with E-state index in [1.54, 1.807) is 24.4 Å². The number of hydrogen-bond donors (Lipinski definition) is 0. The van der Waals surface area contributed by atoms with Gasteiger partial charge in [-0.3, -0.25) is 4.79 Å². The van der Waals surface area contributed by atoms with Crippen LogP contribution in [-0.4, -0.2) is 15.9 Å². The molecule has 0 spiro atoms. The van der Waals surface area contributed by atoms with Gasteiger partial charge in [-0.05, 0) is 76.4 Å². The third-order valence-corrected chi connectivity index (χ3v) is 7.26. The fraction of sp³-hybridized carbons (Fsp3) is 0.192. The summed E-state index contributed by atoms with van der Waals surface area (Å²) in [6.45, 7) is 4.39. The van der Waals surface area contributed by atoms with Crippen molar-refractivity contribution in [2.24, 2.45) is 5.10 Å². The Morgan fingerprint density at radius 2 is 1.91 bits per heavy atom. The number of fused-ring (bicyclic) bond motifs is 1. The van der Waals surface area contributed by atoms with Crippen molar-refractivity contribution < 1.29 is 4.74 Å². The largest absolute Gasteiger partial charge is 0.488 e. The van der Waals surface area contributed by atoms with Crippen molar-refractivity contribution >= 4 is 72.2 Å². The van der Waals surface area contributed by atoms with E-state index in [4.69, 9.17) is 32.9 Å².